The van der Waals surface area contributed by atoms with E-state index in [-0.39, 0.29) is 24.1 Å². The topological polar surface area (TPSA) is 78.5 Å². The summed E-state index contributed by atoms with van der Waals surface area (Å²) in [4.78, 5) is 39.6. The molecule has 5 unspecified atom stereocenters. The Morgan fingerprint density at radius 2 is 1.94 bits per heavy atom. The molecule has 2 heterocycles. The lowest BCUT2D eigenvalue weighted by Gasteiger charge is -2.53. The molecule has 5 atom stereocenters. The molecular formula is C29H39N3O3S. The molecule has 1 spiro atoms. The van der Waals surface area contributed by atoms with Crippen LogP contribution in [0, 0.1) is 22.2 Å². The van der Waals surface area contributed by atoms with Gasteiger partial charge in [0.25, 0.3) is 5.91 Å². The minimum Gasteiger partial charge on any atom is -0.322 e. The van der Waals surface area contributed by atoms with Gasteiger partial charge in [-0.15, -0.1) is 11.8 Å². The van der Waals surface area contributed by atoms with Gasteiger partial charge < -0.3 is 10.2 Å². The number of amides is 3. The van der Waals surface area contributed by atoms with E-state index in [0.717, 1.165) is 35.1 Å². The predicted molar refractivity (Wildman–Crippen MR) is 141 cm³/mol. The number of hydrogen-bond acceptors (Lipinski definition) is 5. The largest absolute Gasteiger partial charge is 0.322 e. The van der Waals surface area contributed by atoms with E-state index in [1.54, 1.807) is 4.90 Å². The number of nitrogens with zero attached hydrogens (tertiary/aromatic N) is 1. The highest BCUT2D eigenvalue weighted by Crippen LogP contribution is 2.90. The Kier molecular flexibility index (Phi) is 5.84. The fraction of sp³-hybridized carbons (Fsp3) is 0.690. The third-order valence-corrected chi connectivity index (χ3v) is 12.0. The number of unbranched alkanes of at least 4 members (excludes halogenated alkanes) is 2. The molecular weight excluding hydrogens is 470 g/mol. The van der Waals surface area contributed by atoms with Gasteiger partial charge in [0.1, 0.15) is 6.04 Å². The van der Waals surface area contributed by atoms with Crippen molar-refractivity contribution in [3.63, 3.8) is 0 Å². The van der Waals surface area contributed by atoms with Gasteiger partial charge in [-0.25, -0.2) is 0 Å². The number of fused-ring (bicyclic) bond motifs is 1. The van der Waals surface area contributed by atoms with Crippen molar-refractivity contribution in [1.29, 1.82) is 0 Å². The summed E-state index contributed by atoms with van der Waals surface area (Å²) in [5, 5.41) is 6.31. The van der Waals surface area contributed by atoms with Gasteiger partial charge >= 0.3 is 0 Å². The first-order valence-electron chi connectivity index (χ1n) is 13.8. The van der Waals surface area contributed by atoms with Crippen molar-refractivity contribution >= 4 is 29.5 Å². The molecule has 1 saturated heterocycles. The molecule has 6 nitrogen and oxygen atoms in total. The van der Waals surface area contributed by atoms with Gasteiger partial charge in [0.05, 0.1) is 0 Å². The number of benzene rings is 1. The zero-order valence-electron chi connectivity index (χ0n) is 21.8. The van der Waals surface area contributed by atoms with Crippen molar-refractivity contribution in [2.75, 3.05) is 12.3 Å². The van der Waals surface area contributed by atoms with E-state index in [2.05, 4.69) is 37.5 Å². The summed E-state index contributed by atoms with van der Waals surface area (Å²) in [5.74, 6) is 1.27. The van der Waals surface area contributed by atoms with E-state index in [0.29, 0.717) is 40.8 Å². The number of rotatable bonds is 9. The normalized spacial score (nSPS) is 35.7. The second-order valence-electron chi connectivity index (χ2n) is 12.5. The molecule has 0 aromatic heterocycles. The van der Waals surface area contributed by atoms with E-state index in [1.807, 2.05) is 23.9 Å². The molecule has 4 fully saturated rings. The Morgan fingerprint density at radius 3 is 2.67 bits per heavy atom. The highest BCUT2D eigenvalue weighted by Gasteiger charge is 2.86. The zero-order valence-corrected chi connectivity index (χ0v) is 22.6. The first kappa shape index (κ1) is 24.5. The lowest BCUT2D eigenvalue weighted by atomic mass is 9.54. The summed E-state index contributed by atoms with van der Waals surface area (Å²) >= 11 is 1.82. The molecule has 3 aliphatic carbocycles. The molecule has 3 saturated carbocycles. The maximum atomic E-state index is 13.0. The first-order valence-corrected chi connectivity index (χ1v) is 14.8. The Balaban J connectivity index is 0.950. The van der Waals surface area contributed by atoms with Crippen molar-refractivity contribution in [3.8, 4) is 0 Å². The van der Waals surface area contributed by atoms with Crippen molar-refractivity contribution in [3.05, 3.63) is 29.3 Å². The van der Waals surface area contributed by atoms with Crippen LogP contribution in [0.1, 0.15) is 88.1 Å². The maximum absolute atomic E-state index is 13.0. The average Bonchev–Trinajstić information content (AvgIpc) is 3.06. The van der Waals surface area contributed by atoms with Gasteiger partial charge in [0.15, 0.2) is 0 Å². The summed E-state index contributed by atoms with van der Waals surface area (Å²) < 4.78 is 0. The SMILES string of the molecule is CC1(C)C2CC(NCCCCCSc3cccc4c3CN(C3CCC(=O)NC3=O)C4=O)C3(C)CCC213. The number of hydrogen-bond donors (Lipinski definition) is 2. The van der Waals surface area contributed by atoms with Crippen molar-refractivity contribution in [2.45, 2.75) is 95.7 Å². The molecule has 5 aliphatic rings. The molecule has 3 amide bonds. The summed E-state index contributed by atoms with van der Waals surface area (Å²) in [5.41, 5.74) is 3.46. The second-order valence-corrected chi connectivity index (χ2v) is 13.6. The third-order valence-electron chi connectivity index (χ3n) is 10.8. The van der Waals surface area contributed by atoms with Crippen LogP contribution in [0.3, 0.4) is 0 Å². The van der Waals surface area contributed by atoms with Crippen LogP contribution in [0.2, 0.25) is 0 Å². The number of thioether (sulfide) groups is 1. The molecule has 2 N–H and O–H groups in total. The maximum Gasteiger partial charge on any atom is 0.255 e. The van der Waals surface area contributed by atoms with Crippen molar-refractivity contribution < 1.29 is 14.4 Å². The van der Waals surface area contributed by atoms with Crippen molar-refractivity contribution in [1.82, 2.24) is 15.5 Å². The standard InChI is InChI=1S/C29H39N3O3S/c1-27(2)22-16-23(28(3)12-13-29(22,27)28)30-14-5-4-6-15-36-21-9-7-8-18-19(21)17-32(26(18)35)20-10-11-24(33)31-25(20)34/h7-9,20,22-23,30H,4-6,10-17H2,1-3H3,(H,31,33,34). The van der Waals surface area contributed by atoms with E-state index < -0.39 is 6.04 Å². The molecule has 6 rings (SSSR count). The highest BCUT2D eigenvalue weighted by molar-refractivity contribution is 7.99. The number of carbonyl (C=O) groups is 3. The van der Waals surface area contributed by atoms with Crippen LogP contribution in [0.5, 0.6) is 0 Å². The molecule has 7 heteroatoms. The predicted octanol–water partition coefficient (Wildman–Crippen LogP) is 4.51. The van der Waals surface area contributed by atoms with Gasteiger partial charge in [-0.05, 0) is 90.7 Å². The molecule has 194 valence electrons. The Bertz CT molecular complexity index is 1120. The van der Waals surface area contributed by atoms with Crippen LogP contribution in [0.15, 0.2) is 23.1 Å². The Hall–Kier alpha value is -1.86. The van der Waals surface area contributed by atoms with E-state index >= 15 is 0 Å². The molecule has 2 aliphatic heterocycles. The molecule has 0 bridgehead atoms. The first-order chi connectivity index (χ1) is 17.2. The van der Waals surface area contributed by atoms with Crippen LogP contribution < -0.4 is 10.6 Å². The van der Waals surface area contributed by atoms with Crippen LogP contribution >= 0.6 is 11.8 Å². The number of imide groups is 1. The fourth-order valence-electron chi connectivity index (χ4n) is 8.73. The summed E-state index contributed by atoms with van der Waals surface area (Å²) in [7, 11) is 0. The molecule has 36 heavy (non-hydrogen) atoms. The van der Waals surface area contributed by atoms with Gasteiger partial charge in [-0.2, -0.15) is 0 Å². The molecule has 0 radical (unpaired) electrons. The smallest absolute Gasteiger partial charge is 0.255 e. The second kappa shape index (κ2) is 8.59. The summed E-state index contributed by atoms with van der Waals surface area (Å²) in [6.45, 7) is 9.10. The average molecular weight is 510 g/mol. The lowest BCUT2D eigenvalue weighted by molar-refractivity contribution is -0.136. The summed E-state index contributed by atoms with van der Waals surface area (Å²) in [6, 6.07) is 6.05. The van der Waals surface area contributed by atoms with Crippen LogP contribution in [0.25, 0.3) is 0 Å². The van der Waals surface area contributed by atoms with Gasteiger partial charge in [-0.1, -0.05) is 33.3 Å². The molecule has 1 aromatic rings. The van der Waals surface area contributed by atoms with Crippen LogP contribution in [0.4, 0.5) is 0 Å². The summed E-state index contributed by atoms with van der Waals surface area (Å²) in [6.07, 6.45) is 8.47. The minimum atomic E-state index is -0.554. The van der Waals surface area contributed by atoms with Gasteiger partial charge in [0, 0.05) is 29.5 Å². The zero-order chi connectivity index (χ0) is 25.3. The van der Waals surface area contributed by atoms with E-state index in [9.17, 15) is 14.4 Å². The third kappa shape index (κ3) is 3.37. The Morgan fingerprint density at radius 1 is 1.11 bits per heavy atom. The van der Waals surface area contributed by atoms with E-state index in [1.165, 1.54) is 32.1 Å². The fourth-order valence-corrected chi connectivity index (χ4v) is 9.82. The number of carbonyl (C=O) groups excluding carboxylic acids is 3. The number of nitrogens with one attached hydrogen (secondary N) is 2. The van der Waals surface area contributed by atoms with Gasteiger partial charge in [0.2, 0.25) is 11.8 Å². The molecule has 1 aromatic carbocycles. The Labute approximate surface area is 218 Å². The van der Waals surface area contributed by atoms with Crippen LogP contribution in [-0.4, -0.2) is 47.0 Å². The lowest BCUT2D eigenvalue weighted by Crippen LogP contribution is -2.53. The van der Waals surface area contributed by atoms with Gasteiger partial charge in [-0.3, -0.25) is 19.7 Å². The minimum absolute atomic E-state index is 0.0945. The van der Waals surface area contributed by atoms with Crippen molar-refractivity contribution in [2.24, 2.45) is 22.2 Å². The quantitative estimate of drug-likeness (QED) is 0.291. The van der Waals surface area contributed by atoms with E-state index in [4.69, 9.17) is 0 Å². The van der Waals surface area contributed by atoms with Crippen LogP contribution in [-0.2, 0) is 16.1 Å². The monoisotopic (exact) mass is 509 g/mol. The number of piperidine rings is 1. The highest BCUT2D eigenvalue weighted by atomic mass is 32.2.